The number of hydrogen-bond acceptors (Lipinski definition) is 3. The Morgan fingerprint density at radius 1 is 0.700 bits per heavy atom. The van der Waals surface area contributed by atoms with Gasteiger partial charge in [-0.05, 0) is 42.0 Å². The molecule has 0 unspecified atom stereocenters. The first-order chi connectivity index (χ1) is 14.5. The molecule has 3 amide bonds. The average molecular weight is 405 g/mol. The maximum absolute atomic E-state index is 13.0. The highest BCUT2D eigenvalue weighted by atomic mass is 19.1. The normalized spacial score (nSPS) is 11.2. The van der Waals surface area contributed by atoms with Crippen molar-refractivity contribution in [3.05, 3.63) is 107 Å². The van der Waals surface area contributed by atoms with Crippen LogP contribution in [-0.4, -0.2) is 23.8 Å². The maximum Gasteiger partial charge on any atom is 0.269 e. The number of hydrogen-bond donors (Lipinski definition) is 3. The van der Waals surface area contributed by atoms with Crippen molar-refractivity contribution in [2.24, 2.45) is 0 Å². The first-order valence-corrected chi connectivity index (χ1v) is 9.28. The summed E-state index contributed by atoms with van der Waals surface area (Å²) in [5.74, 6) is -2.06. The molecular formula is C23H20FN3O3. The molecule has 3 aromatic carbocycles. The van der Waals surface area contributed by atoms with Gasteiger partial charge in [0.15, 0.2) is 0 Å². The Morgan fingerprint density at radius 3 is 1.90 bits per heavy atom. The van der Waals surface area contributed by atoms with E-state index >= 15 is 0 Å². The molecule has 1 atom stereocenters. The Hall–Kier alpha value is -4.00. The van der Waals surface area contributed by atoms with Crippen LogP contribution in [0.15, 0.2) is 84.9 Å². The number of amides is 3. The number of benzene rings is 3. The topological polar surface area (TPSA) is 87.3 Å². The largest absolute Gasteiger partial charge is 0.340 e. The molecule has 152 valence electrons. The van der Waals surface area contributed by atoms with Crippen LogP contribution < -0.4 is 16.2 Å². The van der Waals surface area contributed by atoms with E-state index in [0.29, 0.717) is 5.56 Å². The van der Waals surface area contributed by atoms with Gasteiger partial charge < -0.3 is 5.32 Å². The molecule has 0 aliphatic rings. The zero-order valence-corrected chi connectivity index (χ0v) is 16.0. The summed E-state index contributed by atoms with van der Waals surface area (Å²) in [6.45, 7) is 0. The molecule has 6 nitrogen and oxygen atoms in total. The molecule has 3 aromatic rings. The van der Waals surface area contributed by atoms with Crippen molar-refractivity contribution in [3.8, 4) is 0 Å². The highest BCUT2D eigenvalue weighted by Crippen LogP contribution is 2.06. The molecule has 0 fully saturated rings. The number of rotatable bonds is 6. The van der Waals surface area contributed by atoms with Crippen molar-refractivity contribution in [2.75, 3.05) is 0 Å². The van der Waals surface area contributed by atoms with E-state index in [0.717, 1.165) is 17.7 Å². The zero-order chi connectivity index (χ0) is 21.3. The van der Waals surface area contributed by atoms with E-state index in [1.807, 2.05) is 30.3 Å². The molecule has 0 spiro atoms. The van der Waals surface area contributed by atoms with Crippen LogP contribution in [0.25, 0.3) is 0 Å². The SMILES string of the molecule is O=C(NNC(=O)[C@H](Cc1ccccc1)NC(=O)c1ccccc1)c1ccc(F)cc1. The molecule has 0 saturated carbocycles. The molecular weight excluding hydrogens is 385 g/mol. The van der Waals surface area contributed by atoms with Crippen molar-refractivity contribution in [3.63, 3.8) is 0 Å². The van der Waals surface area contributed by atoms with Gasteiger partial charge in [-0.2, -0.15) is 0 Å². The number of carbonyl (C=O) groups excluding carboxylic acids is 3. The Morgan fingerprint density at radius 2 is 1.27 bits per heavy atom. The van der Waals surface area contributed by atoms with Gasteiger partial charge in [-0.3, -0.25) is 25.2 Å². The summed E-state index contributed by atoms with van der Waals surface area (Å²) in [6, 6.07) is 21.7. The second-order valence-corrected chi connectivity index (χ2v) is 6.53. The van der Waals surface area contributed by atoms with Crippen LogP contribution in [0, 0.1) is 5.82 Å². The Balaban J connectivity index is 1.68. The highest BCUT2D eigenvalue weighted by molar-refractivity contribution is 5.99. The van der Waals surface area contributed by atoms with E-state index in [9.17, 15) is 18.8 Å². The molecule has 0 heterocycles. The summed E-state index contributed by atoms with van der Waals surface area (Å²) in [6.07, 6.45) is 0.234. The van der Waals surface area contributed by atoms with E-state index < -0.39 is 29.6 Å². The van der Waals surface area contributed by atoms with E-state index in [-0.39, 0.29) is 12.0 Å². The predicted octanol–water partition coefficient (Wildman–Crippen LogP) is 2.63. The molecule has 7 heteroatoms. The lowest BCUT2D eigenvalue weighted by molar-refractivity contribution is -0.123. The van der Waals surface area contributed by atoms with Gasteiger partial charge in [-0.15, -0.1) is 0 Å². The monoisotopic (exact) mass is 405 g/mol. The van der Waals surface area contributed by atoms with Crippen LogP contribution >= 0.6 is 0 Å². The molecule has 0 aliphatic heterocycles. The smallest absolute Gasteiger partial charge is 0.269 e. The van der Waals surface area contributed by atoms with Crippen LogP contribution in [0.4, 0.5) is 4.39 Å². The second kappa shape index (κ2) is 9.97. The van der Waals surface area contributed by atoms with Gasteiger partial charge in [0.1, 0.15) is 11.9 Å². The van der Waals surface area contributed by atoms with Crippen LogP contribution in [-0.2, 0) is 11.2 Å². The van der Waals surface area contributed by atoms with Gasteiger partial charge in [0.25, 0.3) is 17.7 Å². The second-order valence-electron chi connectivity index (χ2n) is 6.53. The molecule has 0 aromatic heterocycles. The quantitative estimate of drug-likeness (QED) is 0.551. The van der Waals surface area contributed by atoms with Crippen molar-refractivity contribution in [1.29, 1.82) is 0 Å². The molecule has 0 bridgehead atoms. The highest BCUT2D eigenvalue weighted by Gasteiger charge is 2.22. The molecule has 3 rings (SSSR count). The van der Waals surface area contributed by atoms with Gasteiger partial charge in [0.05, 0.1) is 0 Å². The number of hydrazine groups is 1. The maximum atomic E-state index is 13.0. The number of nitrogens with one attached hydrogen (secondary N) is 3. The summed E-state index contributed by atoms with van der Waals surface area (Å²) in [5.41, 5.74) is 6.05. The minimum absolute atomic E-state index is 0.185. The minimum Gasteiger partial charge on any atom is -0.340 e. The minimum atomic E-state index is -0.923. The summed E-state index contributed by atoms with van der Waals surface area (Å²) >= 11 is 0. The third-order valence-electron chi connectivity index (χ3n) is 4.35. The Bertz CT molecular complexity index is 1010. The van der Waals surface area contributed by atoms with Gasteiger partial charge in [0.2, 0.25) is 0 Å². The molecule has 3 N–H and O–H groups in total. The van der Waals surface area contributed by atoms with Crippen LogP contribution in [0.1, 0.15) is 26.3 Å². The lowest BCUT2D eigenvalue weighted by Crippen LogP contribution is -2.53. The lowest BCUT2D eigenvalue weighted by Gasteiger charge is -2.19. The van der Waals surface area contributed by atoms with Gasteiger partial charge >= 0.3 is 0 Å². The average Bonchev–Trinajstić information content (AvgIpc) is 2.78. The van der Waals surface area contributed by atoms with Crippen LogP contribution in [0.5, 0.6) is 0 Å². The van der Waals surface area contributed by atoms with Crippen LogP contribution in [0.2, 0.25) is 0 Å². The Kier molecular flexibility index (Phi) is 6.89. The first-order valence-electron chi connectivity index (χ1n) is 9.28. The first kappa shape index (κ1) is 20.7. The summed E-state index contributed by atoms with van der Waals surface area (Å²) in [4.78, 5) is 37.4. The van der Waals surface area contributed by atoms with E-state index in [2.05, 4.69) is 16.2 Å². The molecule has 30 heavy (non-hydrogen) atoms. The van der Waals surface area contributed by atoms with Crippen molar-refractivity contribution < 1.29 is 18.8 Å². The lowest BCUT2D eigenvalue weighted by atomic mass is 10.0. The number of carbonyl (C=O) groups is 3. The summed E-state index contributed by atoms with van der Waals surface area (Å²) in [5, 5.41) is 2.70. The van der Waals surface area contributed by atoms with E-state index in [4.69, 9.17) is 0 Å². The van der Waals surface area contributed by atoms with E-state index in [1.54, 1.807) is 30.3 Å². The molecule has 0 saturated heterocycles. The fourth-order valence-corrected chi connectivity index (χ4v) is 2.77. The summed E-state index contributed by atoms with van der Waals surface area (Å²) < 4.78 is 13.0. The van der Waals surface area contributed by atoms with Crippen molar-refractivity contribution >= 4 is 17.7 Å². The van der Waals surface area contributed by atoms with Gasteiger partial charge in [-0.25, -0.2) is 4.39 Å². The van der Waals surface area contributed by atoms with E-state index in [1.165, 1.54) is 12.1 Å². The van der Waals surface area contributed by atoms with Crippen molar-refractivity contribution in [2.45, 2.75) is 12.5 Å². The number of halogens is 1. The van der Waals surface area contributed by atoms with Crippen molar-refractivity contribution in [1.82, 2.24) is 16.2 Å². The Labute approximate surface area is 173 Å². The fraction of sp³-hybridized carbons (Fsp3) is 0.0870. The third kappa shape index (κ3) is 5.75. The molecule has 0 radical (unpaired) electrons. The third-order valence-corrected chi connectivity index (χ3v) is 4.35. The van der Waals surface area contributed by atoms with Gasteiger partial charge in [0, 0.05) is 17.5 Å². The standard InChI is InChI=1S/C23H20FN3O3/c24-19-13-11-18(12-14-19)22(29)26-27-23(30)20(15-16-7-3-1-4-8-16)25-21(28)17-9-5-2-6-10-17/h1-14,20H,15H2,(H,25,28)(H,26,29)(H,27,30)/t20-/m0/s1. The predicted molar refractivity (Wildman–Crippen MR) is 110 cm³/mol. The summed E-state index contributed by atoms with van der Waals surface area (Å²) in [7, 11) is 0. The van der Waals surface area contributed by atoms with Crippen LogP contribution in [0.3, 0.4) is 0 Å². The fourth-order valence-electron chi connectivity index (χ4n) is 2.77. The molecule has 0 aliphatic carbocycles. The zero-order valence-electron chi connectivity index (χ0n) is 16.0. The van der Waals surface area contributed by atoms with Gasteiger partial charge in [-0.1, -0.05) is 48.5 Å².